The number of nitrogens with zero attached hydrogens (tertiary/aromatic N) is 1. The van der Waals surface area contributed by atoms with Crippen molar-refractivity contribution in [3.05, 3.63) is 35.6 Å². The molecule has 96 valence electrons. The normalized spacial score (nSPS) is 13.2. The van der Waals surface area contributed by atoms with Crippen LogP contribution in [0.1, 0.15) is 40.0 Å². The molecule has 0 saturated heterocycles. The van der Waals surface area contributed by atoms with Gasteiger partial charge < -0.3 is 5.32 Å². The minimum Gasteiger partial charge on any atom is -0.317 e. The van der Waals surface area contributed by atoms with Crippen molar-refractivity contribution in [2.75, 3.05) is 13.1 Å². The average molecular weight is 234 g/mol. The Bertz CT molecular complexity index is 298. The van der Waals surface area contributed by atoms with Crippen LogP contribution in [0.2, 0.25) is 0 Å². The lowest BCUT2D eigenvalue weighted by Crippen LogP contribution is -2.14. The molecule has 0 atom stereocenters. The zero-order chi connectivity index (χ0) is 13.1. The smallest absolute Gasteiger partial charge is 0.0481 e. The fraction of sp³-hybridized carbons (Fsp3) is 0.533. The number of allylic oxidation sites excluding steroid dienone is 4. The molecule has 0 aliphatic carbocycles. The molecule has 2 nitrogen and oxygen atoms in total. The zero-order valence-electron chi connectivity index (χ0n) is 11.6. The Morgan fingerprint density at radius 1 is 1.29 bits per heavy atom. The van der Waals surface area contributed by atoms with E-state index in [0.29, 0.717) is 0 Å². The van der Waals surface area contributed by atoms with Crippen molar-refractivity contribution in [3.63, 3.8) is 0 Å². The summed E-state index contributed by atoms with van der Waals surface area (Å²) >= 11 is 0. The standard InChI is InChI=1S/C15H26N2/c1-6-9-13(4)12-14(7-2)15(16-5)10-11-17-8-3/h7,12,17H,2,5-6,8-11H2,1,3-4H3/b13-12-,15-14-. The number of rotatable bonds is 9. The molecule has 17 heavy (non-hydrogen) atoms. The van der Waals surface area contributed by atoms with Crippen molar-refractivity contribution < 1.29 is 0 Å². The van der Waals surface area contributed by atoms with Crippen molar-refractivity contribution in [1.82, 2.24) is 5.32 Å². The molecule has 0 heterocycles. The van der Waals surface area contributed by atoms with Gasteiger partial charge in [-0.1, -0.05) is 44.6 Å². The lowest BCUT2D eigenvalue weighted by atomic mass is 10.1. The van der Waals surface area contributed by atoms with Gasteiger partial charge in [0.25, 0.3) is 0 Å². The monoisotopic (exact) mass is 234 g/mol. The molecular weight excluding hydrogens is 208 g/mol. The molecule has 0 aliphatic rings. The van der Waals surface area contributed by atoms with E-state index in [1.165, 1.54) is 12.0 Å². The average Bonchev–Trinajstić information content (AvgIpc) is 2.33. The molecule has 0 amide bonds. The molecular formula is C15H26N2. The highest BCUT2D eigenvalue weighted by atomic mass is 14.8. The Hall–Kier alpha value is -1.15. The molecule has 0 bridgehead atoms. The minimum atomic E-state index is 0.897. The predicted octanol–water partition coefficient (Wildman–Crippen LogP) is 3.87. The van der Waals surface area contributed by atoms with Crippen LogP contribution in [-0.2, 0) is 0 Å². The van der Waals surface area contributed by atoms with Crippen LogP contribution in [0.15, 0.2) is 40.6 Å². The van der Waals surface area contributed by atoms with E-state index in [1.54, 1.807) is 0 Å². The van der Waals surface area contributed by atoms with E-state index in [1.807, 2.05) is 6.08 Å². The quantitative estimate of drug-likeness (QED) is 0.365. The fourth-order valence-corrected chi connectivity index (χ4v) is 1.69. The molecule has 0 aliphatic heterocycles. The summed E-state index contributed by atoms with van der Waals surface area (Å²) in [5, 5.41) is 3.29. The van der Waals surface area contributed by atoms with Gasteiger partial charge in [-0.05, 0) is 32.2 Å². The van der Waals surface area contributed by atoms with Gasteiger partial charge in [-0.15, -0.1) is 0 Å². The lowest BCUT2D eigenvalue weighted by Gasteiger charge is -2.07. The Morgan fingerprint density at radius 2 is 2.00 bits per heavy atom. The molecule has 0 fully saturated rings. The Morgan fingerprint density at radius 3 is 2.47 bits per heavy atom. The number of hydrogen-bond acceptors (Lipinski definition) is 2. The van der Waals surface area contributed by atoms with E-state index >= 15 is 0 Å². The van der Waals surface area contributed by atoms with Crippen molar-refractivity contribution in [3.8, 4) is 0 Å². The Labute approximate surface area is 106 Å². The highest BCUT2D eigenvalue weighted by molar-refractivity contribution is 5.40. The number of nitrogens with one attached hydrogen (secondary N) is 1. The van der Waals surface area contributed by atoms with E-state index in [4.69, 9.17) is 0 Å². The summed E-state index contributed by atoms with van der Waals surface area (Å²) in [7, 11) is 0. The highest BCUT2D eigenvalue weighted by Gasteiger charge is 2.00. The third-order valence-electron chi connectivity index (χ3n) is 2.58. The molecule has 0 saturated carbocycles. The summed E-state index contributed by atoms with van der Waals surface area (Å²) in [4.78, 5) is 4.12. The van der Waals surface area contributed by atoms with Crippen molar-refractivity contribution in [2.24, 2.45) is 4.99 Å². The zero-order valence-corrected chi connectivity index (χ0v) is 11.6. The third-order valence-corrected chi connectivity index (χ3v) is 2.58. The molecule has 0 aromatic rings. The van der Waals surface area contributed by atoms with E-state index < -0.39 is 0 Å². The van der Waals surface area contributed by atoms with Crippen LogP contribution in [0.25, 0.3) is 0 Å². The van der Waals surface area contributed by atoms with E-state index in [0.717, 1.165) is 37.2 Å². The minimum absolute atomic E-state index is 0.897. The van der Waals surface area contributed by atoms with Gasteiger partial charge in [-0.3, -0.25) is 4.99 Å². The predicted molar refractivity (Wildman–Crippen MR) is 78.6 cm³/mol. The second-order valence-corrected chi connectivity index (χ2v) is 4.11. The summed E-state index contributed by atoms with van der Waals surface area (Å²) in [6.07, 6.45) is 7.23. The maximum absolute atomic E-state index is 4.12. The third kappa shape index (κ3) is 6.90. The molecule has 0 spiro atoms. The number of aliphatic imine (C=N–C) groups is 1. The van der Waals surface area contributed by atoms with E-state index in [9.17, 15) is 0 Å². The van der Waals surface area contributed by atoms with Gasteiger partial charge in [0.15, 0.2) is 0 Å². The summed E-state index contributed by atoms with van der Waals surface area (Å²) < 4.78 is 0. The molecule has 0 aromatic heterocycles. The first-order chi connectivity index (χ1) is 8.19. The van der Waals surface area contributed by atoms with Crippen molar-refractivity contribution >= 4 is 6.72 Å². The molecule has 0 unspecified atom stereocenters. The van der Waals surface area contributed by atoms with Gasteiger partial charge in [0.1, 0.15) is 0 Å². The second-order valence-electron chi connectivity index (χ2n) is 4.11. The van der Waals surface area contributed by atoms with Crippen LogP contribution in [0.3, 0.4) is 0 Å². The summed E-state index contributed by atoms with van der Waals surface area (Å²) in [5.74, 6) is 0. The molecule has 0 radical (unpaired) electrons. The molecule has 2 heteroatoms. The van der Waals surface area contributed by atoms with Crippen molar-refractivity contribution in [2.45, 2.75) is 40.0 Å². The molecule has 0 aromatic carbocycles. The maximum atomic E-state index is 4.12. The SMILES string of the molecule is C=CC(/C=C(/C)CCC)=C(\CCNCC)N=C. The van der Waals surface area contributed by atoms with Crippen molar-refractivity contribution in [1.29, 1.82) is 0 Å². The topological polar surface area (TPSA) is 24.4 Å². The van der Waals surface area contributed by atoms with Gasteiger partial charge >= 0.3 is 0 Å². The first-order valence-corrected chi connectivity index (χ1v) is 6.39. The molecule has 1 N–H and O–H groups in total. The van der Waals surface area contributed by atoms with Gasteiger partial charge in [0, 0.05) is 18.7 Å². The van der Waals surface area contributed by atoms with E-state index in [-0.39, 0.29) is 0 Å². The highest BCUT2D eigenvalue weighted by Crippen LogP contribution is 2.16. The van der Waals surface area contributed by atoms with Gasteiger partial charge in [0.2, 0.25) is 0 Å². The maximum Gasteiger partial charge on any atom is 0.0481 e. The summed E-state index contributed by atoms with van der Waals surface area (Å²) in [5.41, 5.74) is 3.49. The van der Waals surface area contributed by atoms with Crippen LogP contribution < -0.4 is 5.32 Å². The first-order valence-electron chi connectivity index (χ1n) is 6.39. The first kappa shape index (κ1) is 15.9. The lowest BCUT2D eigenvalue weighted by molar-refractivity contribution is 0.709. The van der Waals surface area contributed by atoms with Gasteiger partial charge in [-0.2, -0.15) is 0 Å². The van der Waals surface area contributed by atoms with Crippen LogP contribution in [0.5, 0.6) is 0 Å². The Balaban J connectivity index is 4.78. The second kappa shape index (κ2) is 10.0. The van der Waals surface area contributed by atoms with Crippen LogP contribution in [0, 0.1) is 0 Å². The van der Waals surface area contributed by atoms with Crippen LogP contribution in [-0.4, -0.2) is 19.8 Å². The van der Waals surface area contributed by atoms with Crippen LogP contribution >= 0.6 is 0 Å². The summed E-state index contributed by atoms with van der Waals surface area (Å²) in [6, 6.07) is 0. The molecule has 0 rings (SSSR count). The van der Waals surface area contributed by atoms with Gasteiger partial charge in [0.05, 0.1) is 0 Å². The van der Waals surface area contributed by atoms with E-state index in [2.05, 4.69) is 50.5 Å². The van der Waals surface area contributed by atoms with Gasteiger partial charge in [-0.25, -0.2) is 0 Å². The summed E-state index contributed by atoms with van der Waals surface area (Å²) in [6.45, 7) is 15.9. The Kier molecular flexibility index (Phi) is 9.35. The largest absolute Gasteiger partial charge is 0.317 e. The number of hydrogen-bond donors (Lipinski definition) is 1. The van der Waals surface area contributed by atoms with Crippen LogP contribution in [0.4, 0.5) is 0 Å². The fourth-order valence-electron chi connectivity index (χ4n) is 1.69.